The molecule has 0 bridgehead atoms. The fourth-order valence-electron chi connectivity index (χ4n) is 1.62. The summed E-state index contributed by atoms with van der Waals surface area (Å²) in [6, 6.07) is 8.55. The van der Waals surface area contributed by atoms with Crippen molar-refractivity contribution in [2.75, 3.05) is 6.79 Å². The Labute approximate surface area is 110 Å². The molecule has 0 fully saturated rings. The van der Waals surface area contributed by atoms with E-state index in [1.807, 2.05) is 13.8 Å². The Kier molecular flexibility index (Phi) is 4.00. The van der Waals surface area contributed by atoms with Gasteiger partial charge in [0.25, 0.3) is 0 Å². The molecule has 0 aliphatic rings. The zero-order valence-electron chi connectivity index (χ0n) is 10.7. The molecule has 0 aliphatic heterocycles. The van der Waals surface area contributed by atoms with Gasteiger partial charge in [0.05, 0.1) is 0 Å². The highest BCUT2D eigenvalue weighted by Crippen LogP contribution is 2.21. The number of rotatable bonds is 4. The van der Waals surface area contributed by atoms with Crippen molar-refractivity contribution in [3.05, 3.63) is 59.2 Å². The van der Waals surface area contributed by atoms with E-state index < -0.39 is 0 Å². The maximum Gasteiger partial charge on any atom is 0.230 e. The second-order valence-corrected chi connectivity index (χ2v) is 4.23. The lowest BCUT2D eigenvalue weighted by Crippen LogP contribution is -2.07. The Morgan fingerprint density at radius 2 is 1.21 bits per heavy atom. The first-order valence-electron chi connectivity index (χ1n) is 5.84. The molecule has 0 aromatic heterocycles. The molecule has 0 radical (unpaired) electrons. The summed E-state index contributed by atoms with van der Waals surface area (Å²) in [6.07, 6.45) is 0. The van der Waals surface area contributed by atoms with E-state index in [4.69, 9.17) is 9.47 Å². The number of benzene rings is 2. The highest BCUT2D eigenvalue weighted by molar-refractivity contribution is 5.34. The topological polar surface area (TPSA) is 18.5 Å². The average molecular weight is 264 g/mol. The minimum atomic E-state index is -0.373. The van der Waals surface area contributed by atoms with Crippen LogP contribution in [-0.4, -0.2) is 6.79 Å². The van der Waals surface area contributed by atoms with Crippen molar-refractivity contribution in [3.63, 3.8) is 0 Å². The lowest BCUT2D eigenvalue weighted by molar-refractivity contribution is 0.117. The third kappa shape index (κ3) is 3.44. The summed E-state index contributed by atoms with van der Waals surface area (Å²) >= 11 is 0. The first-order chi connectivity index (χ1) is 9.06. The minimum Gasteiger partial charge on any atom is -0.457 e. The Hall–Kier alpha value is -2.10. The lowest BCUT2D eigenvalue weighted by atomic mass is 10.2. The molecule has 0 saturated heterocycles. The quantitative estimate of drug-likeness (QED) is 0.777. The van der Waals surface area contributed by atoms with Crippen molar-refractivity contribution in [2.24, 2.45) is 0 Å². The molecule has 2 aromatic carbocycles. The first kappa shape index (κ1) is 13.3. The van der Waals surface area contributed by atoms with Crippen LogP contribution in [0.1, 0.15) is 11.1 Å². The SMILES string of the molecule is Cc1ccc(F)cc1OCOc1cc(F)ccc1C. The highest BCUT2D eigenvalue weighted by Gasteiger charge is 2.04. The van der Waals surface area contributed by atoms with Crippen molar-refractivity contribution in [2.45, 2.75) is 13.8 Å². The Balaban J connectivity index is 2.00. The fraction of sp³-hybridized carbons (Fsp3) is 0.200. The largest absolute Gasteiger partial charge is 0.457 e. The first-order valence-corrected chi connectivity index (χ1v) is 5.84. The van der Waals surface area contributed by atoms with Gasteiger partial charge >= 0.3 is 0 Å². The second kappa shape index (κ2) is 5.69. The van der Waals surface area contributed by atoms with Crippen LogP contribution < -0.4 is 9.47 Å². The Morgan fingerprint density at radius 3 is 1.63 bits per heavy atom. The minimum absolute atomic E-state index is 0.103. The van der Waals surface area contributed by atoms with Crippen LogP contribution in [0.4, 0.5) is 8.78 Å². The van der Waals surface area contributed by atoms with E-state index in [1.54, 1.807) is 12.1 Å². The van der Waals surface area contributed by atoms with Gasteiger partial charge < -0.3 is 9.47 Å². The van der Waals surface area contributed by atoms with Crippen molar-refractivity contribution >= 4 is 0 Å². The van der Waals surface area contributed by atoms with Gasteiger partial charge in [-0.05, 0) is 37.1 Å². The molecular weight excluding hydrogens is 250 g/mol. The van der Waals surface area contributed by atoms with Gasteiger partial charge in [-0.3, -0.25) is 0 Å². The molecule has 100 valence electrons. The number of hydrogen-bond acceptors (Lipinski definition) is 2. The van der Waals surface area contributed by atoms with E-state index in [9.17, 15) is 8.78 Å². The number of ether oxygens (including phenoxy) is 2. The van der Waals surface area contributed by atoms with E-state index >= 15 is 0 Å². The van der Waals surface area contributed by atoms with Gasteiger partial charge in [-0.25, -0.2) is 8.78 Å². The normalized spacial score (nSPS) is 10.3. The van der Waals surface area contributed by atoms with Crippen LogP contribution in [0.3, 0.4) is 0 Å². The molecular formula is C15H14F2O2. The number of hydrogen-bond donors (Lipinski definition) is 0. The summed E-state index contributed by atoms with van der Waals surface area (Å²) in [4.78, 5) is 0. The summed E-state index contributed by atoms with van der Waals surface area (Å²) in [5.74, 6) is 0.0770. The number of halogens is 2. The van der Waals surface area contributed by atoms with Gasteiger partial charge in [-0.1, -0.05) is 12.1 Å². The van der Waals surface area contributed by atoms with Gasteiger partial charge in [-0.15, -0.1) is 0 Å². The van der Waals surface area contributed by atoms with Crippen molar-refractivity contribution in [1.82, 2.24) is 0 Å². The van der Waals surface area contributed by atoms with Crippen molar-refractivity contribution < 1.29 is 18.3 Å². The summed E-state index contributed by atoms with van der Waals surface area (Å²) < 4.78 is 36.8. The van der Waals surface area contributed by atoms with E-state index in [0.29, 0.717) is 11.5 Å². The van der Waals surface area contributed by atoms with Gasteiger partial charge in [0.1, 0.15) is 23.1 Å². The van der Waals surface area contributed by atoms with E-state index in [2.05, 4.69) is 0 Å². The Bertz CT molecular complexity index is 531. The molecule has 0 aliphatic carbocycles. The maximum absolute atomic E-state index is 13.0. The fourth-order valence-corrected chi connectivity index (χ4v) is 1.62. The van der Waals surface area contributed by atoms with E-state index in [0.717, 1.165) is 11.1 Å². The van der Waals surface area contributed by atoms with Crippen LogP contribution in [0.5, 0.6) is 11.5 Å². The third-order valence-electron chi connectivity index (χ3n) is 2.73. The van der Waals surface area contributed by atoms with E-state index in [1.165, 1.54) is 24.3 Å². The van der Waals surface area contributed by atoms with Gasteiger partial charge in [0, 0.05) is 12.1 Å². The lowest BCUT2D eigenvalue weighted by Gasteiger charge is -2.12. The molecule has 2 nitrogen and oxygen atoms in total. The van der Waals surface area contributed by atoms with Crippen LogP contribution in [0.25, 0.3) is 0 Å². The maximum atomic E-state index is 13.0. The van der Waals surface area contributed by atoms with Gasteiger partial charge in [0.2, 0.25) is 6.79 Å². The summed E-state index contributed by atoms with van der Waals surface area (Å²) in [5.41, 5.74) is 1.61. The zero-order chi connectivity index (χ0) is 13.8. The molecule has 0 amide bonds. The molecule has 2 aromatic rings. The molecule has 0 spiro atoms. The number of aryl methyl sites for hydroxylation is 2. The molecule has 0 saturated carbocycles. The van der Waals surface area contributed by atoms with Gasteiger partial charge in [0.15, 0.2) is 0 Å². The zero-order valence-corrected chi connectivity index (χ0v) is 10.7. The third-order valence-corrected chi connectivity index (χ3v) is 2.73. The second-order valence-electron chi connectivity index (χ2n) is 4.23. The van der Waals surface area contributed by atoms with Crippen LogP contribution in [0.2, 0.25) is 0 Å². The molecule has 19 heavy (non-hydrogen) atoms. The summed E-state index contributed by atoms with van der Waals surface area (Å²) in [6.45, 7) is 3.51. The predicted molar refractivity (Wildman–Crippen MR) is 68.4 cm³/mol. The van der Waals surface area contributed by atoms with Crippen molar-refractivity contribution in [1.29, 1.82) is 0 Å². The summed E-state index contributed by atoms with van der Waals surface area (Å²) in [7, 11) is 0. The van der Waals surface area contributed by atoms with Crippen LogP contribution in [0, 0.1) is 25.5 Å². The molecule has 0 unspecified atom stereocenters. The standard InChI is InChI=1S/C15H14F2O2/c1-10-3-5-12(16)7-14(10)18-9-19-15-8-13(17)6-4-11(15)2/h3-8H,9H2,1-2H3. The van der Waals surface area contributed by atoms with Gasteiger partial charge in [-0.2, -0.15) is 0 Å². The van der Waals surface area contributed by atoms with Crippen molar-refractivity contribution in [3.8, 4) is 11.5 Å². The Morgan fingerprint density at radius 1 is 0.789 bits per heavy atom. The summed E-state index contributed by atoms with van der Waals surface area (Å²) in [5, 5.41) is 0. The molecule has 0 heterocycles. The van der Waals surface area contributed by atoms with E-state index in [-0.39, 0.29) is 18.4 Å². The smallest absolute Gasteiger partial charge is 0.230 e. The highest BCUT2D eigenvalue weighted by atomic mass is 19.1. The predicted octanol–water partition coefficient (Wildman–Crippen LogP) is 4.00. The molecule has 0 N–H and O–H groups in total. The monoisotopic (exact) mass is 264 g/mol. The molecule has 2 rings (SSSR count). The molecule has 4 heteroatoms. The molecule has 0 atom stereocenters. The van der Waals surface area contributed by atoms with Crippen LogP contribution >= 0.6 is 0 Å². The van der Waals surface area contributed by atoms with Crippen LogP contribution in [-0.2, 0) is 0 Å². The van der Waals surface area contributed by atoms with Crippen LogP contribution in [0.15, 0.2) is 36.4 Å². The average Bonchev–Trinajstić information content (AvgIpc) is 2.38.